The molecule has 1 saturated heterocycles. The highest BCUT2D eigenvalue weighted by molar-refractivity contribution is 6.08. The van der Waals surface area contributed by atoms with Gasteiger partial charge in [0.1, 0.15) is 12.1 Å². The Balaban J connectivity index is 1.50. The summed E-state index contributed by atoms with van der Waals surface area (Å²) >= 11 is 0. The number of hydrogen-bond acceptors (Lipinski definition) is 5. The number of ether oxygens (including phenoxy) is 1. The normalized spacial score (nSPS) is 28.1. The average molecular weight is 379 g/mol. The van der Waals surface area contributed by atoms with Crippen LogP contribution in [0.1, 0.15) is 65.2 Å². The van der Waals surface area contributed by atoms with Crippen LogP contribution in [0.15, 0.2) is 0 Å². The van der Waals surface area contributed by atoms with E-state index in [2.05, 4.69) is 17.6 Å². The minimum absolute atomic E-state index is 0.0977. The van der Waals surface area contributed by atoms with Crippen molar-refractivity contribution < 1.29 is 23.9 Å². The van der Waals surface area contributed by atoms with Gasteiger partial charge >= 0.3 is 12.0 Å². The smallest absolute Gasteiger partial charge is 0.327 e. The van der Waals surface area contributed by atoms with Gasteiger partial charge in [-0.1, -0.05) is 32.6 Å². The maximum atomic E-state index is 12.5. The van der Waals surface area contributed by atoms with Crippen molar-refractivity contribution in [1.82, 2.24) is 15.5 Å². The number of nitrogens with one attached hydrogen (secondary N) is 2. The van der Waals surface area contributed by atoms with Crippen LogP contribution in [0.5, 0.6) is 0 Å². The van der Waals surface area contributed by atoms with E-state index in [1.54, 1.807) is 0 Å². The van der Waals surface area contributed by atoms with Crippen LogP contribution >= 0.6 is 0 Å². The zero-order valence-electron chi connectivity index (χ0n) is 16.1. The molecule has 8 nitrogen and oxygen atoms in total. The Morgan fingerprint density at radius 3 is 2.56 bits per heavy atom. The molecular weight excluding hydrogens is 350 g/mol. The Labute approximate surface area is 159 Å². The van der Waals surface area contributed by atoms with Crippen LogP contribution in [-0.4, -0.2) is 52.9 Å². The molecule has 2 saturated carbocycles. The molecule has 1 aliphatic heterocycles. The Bertz CT molecular complexity index is 629. The zero-order chi connectivity index (χ0) is 19.6. The van der Waals surface area contributed by atoms with Crippen LogP contribution in [0.2, 0.25) is 0 Å². The van der Waals surface area contributed by atoms with Crippen LogP contribution in [0, 0.1) is 5.92 Å². The van der Waals surface area contributed by atoms with Gasteiger partial charge in [-0.15, -0.1) is 0 Å². The molecule has 1 heterocycles. The van der Waals surface area contributed by atoms with Crippen molar-refractivity contribution >= 4 is 23.8 Å². The van der Waals surface area contributed by atoms with Crippen LogP contribution in [0.3, 0.4) is 0 Å². The van der Waals surface area contributed by atoms with E-state index in [0.29, 0.717) is 18.8 Å². The monoisotopic (exact) mass is 379 g/mol. The van der Waals surface area contributed by atoms with Gasteiger partial charge in [0.2, 0.25) is 0 Å². The van der Waals surface area contributed by atoms with E-state index in [1.807, 2.05) is 0 Å². The van der Waals surface area contributed by atoms with Crippen molar-refractivity contribution in [1.29, 1.82) is 0 Å². The van der Waals surface area contributed by atoms with Gasteiger partial charge in [0.25, 0.3) is 11.8 Å². The molecule has 8 heteroatoms. The van der Waals surface area contributed by atoms with Gasteiger partial charge in [-0.05, 0) is 38.5 Å². The standard InChI is InChI=1S/C19H29N3O5/c1-12-7-3-4-8-14(12)20-16(24)13(2)27-15(23)11-22-17(25)19(21-18(22)26)9-5-6-10-19/h12-14H,3-11H2,1-2H3,(H,20,24)(H,21,26)/t12-,13-,14-/m1/s1. The molecule has 2 N–H and O–H groups in total. The second-order valence-electron chi connectivity index (χ2n) is 8.12. The number of carbonyl (C=O) groups excluding carboxylic acids is 4. The van der Waals surface area contributed by atoms with Crippen molar-refractivity contribution in [3.8, 4) is 0 Å². The van der Waals surface area contributed by atoms with E-state index >= 15 is 0 Å². The molecule has 0 aromatic carbocycles. The van der Waals surface area contributed by atoms with E-state index in [9.17, 15) is 19.2 Å². The number of esters is 1. The first-order valence-corrected chi connectivity index (χ1v) is 9.96. The summed E-state index contributed by atoms with van der Waals surface area (Å²) in [5, 5.41) is 5.67. The highest BCUT2D eigenvalue weighted by Gasteiger charge is 2.52. The molecule has 27 heavy (non-hydrogen) atoms. The predicted octanol–water partition coefficient (Wildman–Crippen LogP) is 1.48. The maximum Gasteiger partial charge on any atom is 0.327 e. The van der Waals surface area contributed by atoms with E-state index in [-0.39, 0.29) is 17.9 Å². The molecule has 2 aliphatic carbocycles. The fourth-order valence-electron chi connectivity index (χ4n) is 4.39. The van der Waals surface area contributed by atoms with E-state index in [1.165, 1.54) is 13.3 Å². The summed E-state index contributed by atoms with van der Waals surface area (Å²) in [4.78, 5) is 50.1. The molecule has 0 aromatic rings. The van der Waals surface area contributed by atoms with Gasteiger partial charge in [-0.2, -0.15) is 0 Å². The second-order valence-corrected chi connectivity index (χ2v) is 8.12. The van der Waals surface area contributed by atoms with Crippen LogP contribution < -0.4 is 10.6 Å². The molecule has 3 fully saturated rings. The molecule has 0 aromatic heterocycles. The van der Waals surface area contributed by atoms with Gasteiger partial charge < -0.3 is 15.4 Å². The summed E-state index contributed by atoms with van der Waals surface area (Å²) in [7, 11) is 0. The van der Waals surface area contributed by atoms with Gasteiger partial charge in [-0.3, -0.25) is 19.3 Å². The SMILES string of the molecule is C[C@@H]1CCCC[C@H]1NC(=O)[C@@H](C)OC(=O)CN1C(=O)NC2(CCCC2)C1=O. The fourth-order valence-corrected chi connectivity index (χ4v) is 4.39. The lowest BCUT2D eigenvalue weighted by Gasteiger charge is -2.30. The lowest BCUT2D eigenvalue weighted by molar-refractivity contribution is -0.157. The van der Waals surface area contributed by atoms with Crippen LogP contribution in [-0.2, 0) is 19.1 Å². The quantitative estimate of drug-likeness (QED) is 0.556. The van der Waals surface area contributed by atoms with Crippen molar-refractivity contribution in [2.45, 2.75) is 82.9 Å². The average Bonchev–Trinajstić information content (AvgIpc) is 3.18. The highest BCUT2D eigenvalue weighted by Crippen LogP contribution is 2.34. The van der Waals surface area contributed by atoms with E-state index in [0.717, 1.165) is 37.0 Å². The lowest BCUT2D eigenvalue weighted by atomic mass is 9.86. The highest BCUT2D eigenvalue weighted by atomic mass is 16.5. The second kappa shape index (κ2) is 7.86. The molecule has 0 unspecified atom stereocenters. The number of hydrogen-bond donors (Lipinski definition) is 2. The van der Waals surface area contributed by atoms with E-state index < -0.39 is 30.2 Å². The first-order chi connectivity index (χ1) is 12.8. The minimum atomic E-state index is -0.965. The molecule has 1 spiro atoms. The third kappa shape index (κ3) is 4.09. The number of urea groups is 1. The molecule has 150 valence electrons. The van der Waals surface area contributed by atoms with Crippen molar-refractivity contribution in [2.75, 3.05) is 6.54 Å². The van der Waals surface area contributed by atoms with Crippen LogP contribution in [0.25, 0.3) is 0 Å². The first kappa shape index (κ1) is 19.6. The topological polar surface area (TPSA) is 105 Å². The predicted molar refractivity (Wildman–Crippen MR) is 96.6 cm³/mol. The Kier molecular flexibility index (Phi) is 5.72. The molecule has 4 amide bonds. The Morgan fingerprint density at radius 1 is 1.22 bits per heavy atom. The number of amides is 4. The Morgan fingerprint density at radius 2 is 1.89 bits per heavy atom. The number of imide groups is 1. The van der Waals surface area contributed by atoms with Crippen molar-refractivity contribution in [3.05, 3.63) is 0 Å². The fraction of sp³-hybridized carbons (Fsp3) is 0.789. The summed E-state index contributed by atoms with van der Waals surface area (Å²) in [5.74, 6) is -1.06. The molecule has 3 atom stereocenters. The van der Waals surface area contributed by atoms with Gasteiger partial charge in [0.05, 0.1) is 0 Å². The lowest BCUT2D eigenvalue weighted by Crippen LogP contribution is -2.47. The van der Waals surface area contributed by atoms with Crippen molar-refractivity contribution in [2.24, 2.45) is 5.92 Å². The van der Waals surface area contributed by atoms with E-state index in [4.69, 9.17) is 4.74 Å². The summed E-state index contributed by atoms with van der Waals surface area (Å²) in [6, 6.07) is -0.465. The summed E-state index contributed by atoms with van der Waals surface area (Å²) in [5.41, 5.74) is -0.850. The summed E-state index contributed by atoms with van der Waals surface area (Å²) in [6.07, 6.45) is 6.24. The van der Waals surface area contributed by atoms with Gasteiger partial charge in [0.15, 0.2) is 6.10 Å². The largest absolute Gasteiger partial charge is 0.451 e. The molecule has 3 aliphatic rings. The van der Waals surface area contributed by atoms with Crippen LogP contribution in [0.4, 0.5) is 4.79 Å². The minimum Gasteiger partial charge on any atom is -0.451 e. The molecule has 0 radical (unpaired) electrons. The van der Waals surface area contributed by atoms with Crippen molar-refractivity contribution in [3.63, 3.8) is 0 Å². The van der Waals surface area contributed by atoms with Gasteiger partial charge in [-0.25, -0.2) is 4.79 Å². The number of nitrogens with zero attached hydrogens (tertiary/aromatic N) is 1. The molecule has 0 bridgehead atoms. The zero-order valence-corrected chi connectivity index (χ0v) is 16.1. The van der Waals surface area contributed by atoms with Gasteiger partial charge in [0, 0.05) is 6.04 Å². The summed E-state index contributed by atoms with van der Waals surface area (Å²) < 4.78 is 5.17. The maximum absolute atomic E-state index is 12.5. The summed E-state index contributed by atoms with van der Waals surface area (Å²) in [6.45, 7) is 3.15. The first-order valence-electron chi connectivity index (χ1n) is 9.96. The Hall–Kier alpha value is -2.12. The molecule has 3 rings (SSSR count). The third-order valence-electron chi connectivity index (χ3n) is 6.11. The number of rotatable bonds is 5. The third-order valence-corrected chi connectivity index (χ3v) is 6.11. The molecular formula is C19H29N3O5. The number of carbonyl (C=O) groups is 4.